The fourth-order valence-corrected chi connectivity index (χ4v) is 1.77. The van der Waals surface area contributed by atoms with Gasteiger partial charge in [-0.1, -0.05) is 11.6 Å². The van der Waals surface area contributed by atoms with Gasteiger partial charge in [-0.05, 0) is 18.2 Å². The highest BCUT2D eigenvalue weighted by molar-refractivity contribution is 6.30. The Labute approximate surface area is 106 Å². The van der Waals surface area contributed by atoms with Gasteiger partial charge in [0.25, 0.3) is 0 Å². The number of hydrogen-bond acceptors (Lipinski definition) is 3. The standard InChI is InChI=1S/C11H9ClN2O4/c1-18-9-3-2-6(12)4-7(9)14-8(10(15)16)5-13-11(14)17/h2-5H,1H3,(H,13,17)(H,15,16). The van der Waals surface area contributed by atoms with E-state index in [9.17, 15) is 9.59 Å². The molecule has 0 aliphatic heterocycles. The number of aromatic amines is 1. The van der Waals surface area contributed by atoms with Crippen LogP contribution in [0.4, 0.5) is 0 Å². The molecule has 0 radical (unpaired) electrons. The van der Waals surface area contributed by atoms with Crippen molar-refractivity contribution in [3.63, 3.8) is 0 Å². The summed E-state index contributed by atoms with van der Waals surface area (Å²) in [5.74, 6) is -0.876. The van der Waals surface area contributed by atoms with E-state index in [0.717, 1.165) is 10.8 Å². The lowest BCUT2D eigenvalue weighted by molar-refractivity contribution is 0.0688. The zero-order chi connectivity index (χ0) is 13.3. The van der Waals surface area contributed by atoms with Crippen molar-refractivity contribution in [2.45, 2.75) is 0 Å². The van der Waals surface area contributed by atoms with E-state index in [-0.39, 0.29) is 11.4 Å². The molecule has 1 heterocycles. The molecule has 0 amide bonds. The number of benzene rings is 1. The van der Waals surface area contributed by atoms with E-state index in [2.05, 4.69) is 4.98 Å². The first-order valence-corrected chi connectivity index (χ1v) is 5.30. The fourth-order valence-electron chi connectivity index (χ4n) is 1.60. The molecule has 0 bridgehead atoms. The average Bonchev–Trinajstić information content (AvgIpc) is 2.71. The highest BCUT2D eigenvalue weighted by Crippen LogP contribution is 2.26. The van der Waals surface area contributed by atoms with E-state index in [4.69, 9.17) is 21.4 Å². The molecule has 2 N–H and O–H groups in total. The summed E-state index contributed by atoms with van der Waals surface area (Å²) in [6, 6.07) is 4.60. The van der Waals surface area contributed by atoms with Gasteiger partial charge in [-0.15, -0.1) is 0 Å². The summed E-state index contributed by atoms with van der Waals surface area (Å²) >= 11 is 5.85. The molecule has 0 saturated carbocycles. The first kappa shape index (κ1) is 12.3. The van der Waals surface area contributed by atoms with Crippen molar-refractivity contribution in [2.24, 2.45) is 0 Å². The van der Waals surface area contributed by atoms with E-state index in [0.29, 0.717) is 10.8 Å². The first-order chi connectivity index (χ1) is 8.54. The summed E-state index contributed by atoms with van der Waals surface area (Å²) in [5, 5.41) is 9.39. The van der Waals surface area contributed by atoms with E-state index in [1.54, 1.807) is 12.1 Å². The lowest BCUT2D eigenvalue weighted by Gasteiger charge is -2.10. The van der Waals surface area contributed by atoms with Crippen LogP contribution in [-0.4, -0.2) is 27.7 Å². The Morgan fingerprint density at radius 3 is 2.83 bits per heavy atom. The molecule has 0 spiro atoms. The van der Waals surface area contributed by atoms with E-state index in [1.807, 2.05) is 0 Å². The van der Waals surface area contributed by atoms with Crippen molar-refractivity contribution in [1.29, 1.82) is 0 Å². The molecule has 0 aliphatic carbocycles. The van der Waals surface area contributed by atoms with Crippen molar-refractivity contribution >= 4 is 17.6 Å². The van der Waals surface area contributed by atoms with Gasteiger partial charge < -0.3 is 14.8 Å². The van der Waals surface area contributed by atoms with Gasteiger partial charge in [0, 0.05) is 11.2 Å². The average molecular weight is 269 g/mol. The van der Waals surface area contributed by atoms with Crippen LogP contribution in [0, 0.1) is 0 Å². The molecule has 0 saturated heterocycles. The minimum Gasteiger partial charge on any atom is -0.495 e. The molecule has 1 aromatic heterocycles. The Balaban J connectivity index is 2.76. The highest BCUT2D eigenvalue weighted by atomic mass is 35.5. The number of halogens is 1. The molecule has 94 valence electrons. The first-order valence-electron chi connectivity index (χ1n) is 4.92. The van der Waals surface area contributed by atoms with Gasteiger partial charge in [0.05, 0.1) is 12.8 Å². The van der Waals surface area contributed by atoms with Crippen LogP contribution < -0.4 is 10.4 Å². The number of carboxylic acids is 1. The minimum atomic E-state index is -1.23. The minimum absolute atomic E-state index is 0.194. The zero-order valence-corrected chi connectivity index (χ0v) is 10.1. The number of H-pyrrole nitrogens is 1. The number of imidazole rings is 1. The molecule has 1 aromatic carbocycles. The quantitative estimate of drug-likeness (QED) is 0.884. The van der Waals surface area contributed by atoms with Crippen LogP contribution in [0.2, 0.25) is 5.02 Å². The lowest BCUT2D eigenvalue weighted by atomic mass is 10.2. The number of methoxy groups -OCH3 is 1. The summed E-state index contributed by atoms with van der Waals surface area (Å²) in [4.78, 5) is 25.0. The number of nitrogens with zero attached hydrogens (tertiary/aromatic N) is 1. The second kappa shape index (κ2) is 4.58. The Morgan fingerprint density at radius 2 is 2.22 bits per heavy atom. The van der Waals surface area contributed by atoms with Crippen LogP contribution in [0.25, 0.3) is 5.69 Å². The molecule has 2 aromatic rings. The molecule has 0 atom stereocenters. The predicted molar refractivity (Wildman–Crippen MR) is 64.9 cm³/mol. The van der Waals surface area contributed by atoms with Crippen molar-refractivity contribution < 1.29 is 14.6 Å². The number of carbonyl (C=O) groups is 1. The summed E-state index contributed by atoms with van der Waals surface area (Å²) in [6.45, 7) is 0. The molecule has 6 nitrogen and oxygen atoms in total. The number of nitrogens with one attached hydrogen (secondary N) is 1. The van der Waals surface area contributed by atoms with Crippen molar-refractivity contribution in [1.82, 2.24) is 9.55 Å². The summed E-state index contributed by atoms with van der Waals surface area (Å²) in [6.07, 6.45) is 1.12. The molecule has 2 rings (SSSR count). The second-order valence-electron chi connectivity index (χ2n) is 3.44. The monoisotopic (exact) mass is 268 g/mol. The predicted octanol–water partition coefficient (Wildman–Crippen LogP) is 1.53. The highest BCUT2D eigenvalue weighted by Gasteiger charge is 2.17. The molecule has 0 aliphatic rings. The third-order valence-electron chi connectivity index (χ3n) is 2.38. The van der Waals surface area contributed by atoms with Crippen molar-refractivity contribution in [3.05, 3.63) is 45.6 Å². The number of aromatic nitrogens is 2. The Kier molecular flexibility index (Phi) is 3.12. The molecule has 0 unspecified atom stereocenters. The smallest absolute Gasteiger partial charge is 0.354 e. The third-order valence-corrected chi connectivity index (χ3v) is 2.61. The normalized spacial score (nSPS) is 10.3. The fraction of sp³-hybridized carbons (Fsp3) is 0.0909. The van der Waals surface area contributed by atoms with Crippen LogP contribution in [-0.2, 0) is 0 Å². The Morgan fingerprint density at radius 1 is 1.50 bits per heavy atom. The van der Waals surface area contributed by atoms with E-state index in [1.165, 1.54) is 13.2 Å². The summed E-state index contributed by atoms with van der Waals surface area (Å²) in [7, 11) is 1.42. The van der Waals surface area contributed by atoms with Crippen LogP contribution in [0.3, 0.4) is 0 Å². The number of carboxylic acid groups (broad SMARTS) is 1. The Hall–Kier alpha value is -2.21. The van der Waals surface area contributed by atoms with Gasteiger partial charge in [0.1, 0.15) is 5.75 Å². The number of aromatic carboxylic acids is 1. The summed E-state index contributed by atoms with van der Waals surface area (Å²) < 4.78 is 6.08. The summed E-state index contributed by atoms with van der Waals surface area (Å²) in [5.41, 5.74) is -0.498. The second-order valence-corrected chi connectivity index (χ2v) is 3.87. The lowest BCUT2D eigenvalue weighted by Crippen LogP contribution is -2.19. The van der Waals surface area contributed by atoms with Crippen LogP contribution in [0.1, 0.15) is 10.5 Å². The zero-order valence-electron chi connectivity index (χ0n) is 9.31. The van der Waals surface area contributed by atoms with Gasteiger partial charge in [-0.2, -0.15) is 0 Å². The topological polar surface area (TPSA) is 84.3 Å². The van der Waals surface area contributed by atoms with E-state index >= 15 is 0 Å². The maximum atomic E-state index is 11.7. The molecular weight excluding hydrogens is 260 g/mol. The van der Waals surface area contributed by atoms with Gasteiger partial charge in [-0.3, -0.25) is 4.57 Å². The number of rotatable bonds is 3. The van der Waals surface area contributed by atoms with E-state index < -0.39 is 11.7 Å². The third kappa shape index (κ3) is 1.98. The SMILES string of the molecule is COc1ccc(Cl)cc1-n1c(C(=O)O)c[nH]c1=O. The Bertz CT molecular complexity index is 659. The number of hydrogen-bond donors (Lipinski definition) is 2. The van der Waals surface area contributed by atoms with Gasteiger partial charge in [0.15, 0.2) is 5.69 Å². The molecule has 7 heteroatoms. The maximum Gasteiger partial charge on any atom is 0.354 e. The van der Waals surface area contributed by atoms with Crippen LogP contribution in [0.5, 0.6) is 5.75 Å². The molecular formula is C11H9ClN2O4. The van der Waals surface area contributed by atoms with Crippen molar-refractivity contribution in [2.75, 3.05) is 7.11 Å². The molecule has 0 fully saturated rings. The van der Waals surface area contributed by atoms with Gasteiger partial charge >= 0.3 is 11.7 Å². The largest absolute Gasteiger partial charge is 0.495 e. The van der Waals surface area contributed by atoms with Crippen LogP contribution >= 0.6 is 11.6 Å². The molecule has 18 heavy (non-hydrogen) atoms. The number of ether oxygens (including phenoxy) is 1. The van der Waals surface area contributed by atoms with Crippen molar-refractivity contribution in [3.8, 4) is 11.4 Å². The van der Waals surface area contributed by atoms with Gasteiger partial charge in [-0.25, -0.2) is 9.59 Å². The van der Waals surface area contributed by atoms with Crippen LogP contribution in [0.15, 0.2) is 29.2 Å². The maximum absolute atomic E-state index is 11.7. The van der Waals surface area contributed by atoms with Gasteiger partial charge in [0.2, 0.25) is 0 Å².